The highest BCUT2D eigenvalue weighted by Gasteiger charge is 2.08. The first kappa shape index (κ1) is 15.0. The van der Waals surface area contributed by atoms with Crippen LogP contribution >= 0.6 is 0 Å². The number of anilines is 1. The molecular formula is C17H21NO3. The number of benzene rings is 2. The average molecular weight is 287 g/mol. The highest BCUT2D eigenvalue weighted by atomic mass is 16.5. The molecular weight excluding hydrogens is 266 g/mol. The highest BCUT2D eigenvalue weighted by Crippen LogP contribution is 2.35. The molecule has 2 rings (SSSR count). The molecule has 112 valence electrons. The van der Waals surface area contributed by atoms with Gasteiger partial charge in [-0.05, 0) is 43.2 Å². The maximum atomic E-state index is 5.88. The van der Waals surface area contributed by atoms with Gasteiger partial charge in [0.2, 0.25) is 0 Å². The minimum atomic E-state index is 0.558. The van der Waals surface area contributed by atoms with Crippen molar-refractivity contribution in [3.8, 4) is 23.0 Å². The number of nitrogens with two attached hydrogens (primary N) is 1. The van der Waals surface area contributed by atoms with Crippen molar-refractivity contribution in [3.63, 3.8) is 0 Å². The Morgan fingerprint density at radius 3 is 2.43 bits per heavy atom. The van der Waals surface area contributed by atoms with Crippen molar-refractivity contribution in [2.75, 3.05) is 19.5 Å². The molecule has 0 unspecified atom stereocenters. The van der Waals surface area contributed by atoms with Crippen LogP contribution < -0.4 is 19.9 Å². The second kappa shape index (κ2) is 6.88. The van der Waals surface area contributed by atoms with Gasteiger partial charge < -0.3 is 19.9 Å². The van der Waals surface area contributed by atoms with E-state index < -0.39 is 0 Å². The standard InChI is InChI=1S/C17H21NO3/c1-4-12-6-9-15(17(10-12)19-3)21-13-7-8-14(18)16(11-13)20-5-2/h6-11H,4-5,18H2,1-3H3. The van der Waals surface area contributed by atoms with Gasteiger partial charge in [0.25, 0.3) is 0 Å². The lowest BCUT2D eigenvalue weighted by Gasteiger charge is -2.13. The van der Waals surface area contributed by atoms with Gasteiger partial charge in [-0.25, -0.2) is 0 Å². The highest BCUT2D eigenvalue weighted by molar-refractivity contribution is 5.56. The van der Waals surface area contributed by atoms with Crippen molar-refractivity contribution in [2.24, 2.45) is 0 Å². The third-order valence-corrected chi connectivity index (χ3v) is 3.15. The van der Waals surface area contributed by atoms with Crippen LogP contribution in [0.15, 0.2) is 36.4 Å². The molecule has 0 aliphatic carbocycles. The molecule has 0 saturated carbocycles. The third-order valence-electron chi connectivity index (χ3n) is 3.15. The Hall–Kier alpha value is -2.36. The molecule has 21 heavy (non-hydrogen) atoms. The SMILES string of the molecule is CCOc1cc(Oc2ccc(CC)cc2OC)ccc1N. The Balaban J connectivity index is 2.27. The zero-order chi connectivity index (χ0) is 15.2. The summed E-state index contributed by atoms with van der Waals surface area (Å²) >= 11 is 0. The van der Waals surface area contributed by atoms with Gasteiger partial charge in [0.1, 0.15) is 11.5 Å². The summed E-state index contributed by atoms with van der Waals surface area (Å²) in [6.07, 6.45) is 0.951. The molecule has 0 fully saturated rings. The fraction of sp³-hybridized carbons (Fsp3) is 0.294. The molecule has 0 spiro atoms. The number of hydrogen-bond donors (Lipinski definition) is 1. The van der Waals surface area contributed by atoms with Crippen LogP contribution in [-0.2, 0) is 6.42 Å². The minimum absolute atomic E-state index is 0.558. The van der Waals surface area contributed by atoms with E-state index in [1.165, 1.54) is 5.56 Å². The van der Waals surface area contributed by atoms with Gasteiger partial charge in [-0.15, -0.1) is 0 Å². The quantitative estimate of drug-likeness (QED) is 0.815. The number of methoxy groups -OCH3 is 1. The van der Waals surface area contributed by atoms with Crippen LogP contribution in [0.25, 0.3) is 0 Å². The molecule has 2 aromatic rings. The van der Waals surface area contributed by atoms with Crippen LogP contribution in [0, 0.1) is 0 Å². The molecule has 0 bridgehead atoms. The van der Waals surface area contributed by atoms with Gasteiger partial charge in [0.05, 0.1) is 19.4 Å². The van der Waals surface area contributed by atoms with Gasteiger partial charge in [-0.1, -0.05) is 13.0 Å². The lowest BCUT2D eigenvalue weighted by molar-refractivity contribution is 0.339. The number of rotatable bonds is 6. The van der Waals surface area contributed by atoms with Crippen LogP contribution in [0.4, 0.5) is 5.69 Å². The Morgan fingerprint density at radius 2 is 1.76 bits per heavy atom. The van der Waals surface area contributed by atoms with Gasteiger partial charge in [-0.2, -0.15) is 0 Å². The second-order valence-corrected chi connectivity index (χ2v) is 4.57. The minimum Gasteiger partial charge on any atom is -0.493 e. The van der Waals surface area contributed by atoms with Crippen molar-refractivity contribution in [2.45, 2.75) is 20.3 Å². The zero-order valence-corrected chi connectivity index (χ0v) is 12.7. The van der Waals surface area contributed by atoms with E-state index in [1.807, 2.05) is 31.2 Å². The summed E-state index contributed by atoms with van der Waals surface area (Å²) < 4.78 is 16.7. The molecule has 2 aromatic carbocycles. The van der Waals surface area contributed by atoms with Crippen molar-refractivity contribution >= 4 is 5.69 Å². The summed E-state index contributed by atoms with van der Waals surface area (Å²) in [5.74, 6) is 2.67. The van der Waals surface area contributed by atoms with Gasteiger partial charge in [0.15, 0.2) is 11.5 Å². The average Bonchev–Trinajstić information content (AvgIpc) is 2.51. The van der Waals surface area contributed by atoms with E-state index in [4.69, 9.17) is 19.9 Å². The number of aryl methyl sites for hydroxylation is 1. The summed E-state index contributed by atoms with van der Waals surface area (Å²) in [7, 11) is 1.64. The van der Waals surface area contributed by atoms with Gasteiger partial charge in [0, 0.05) is 6.07 Å². The van der Waals surface area contributed by atoms with Crippen molar-refractivity contribution in [3.05, 3.63) is 42.0 Å². The largest absolute Gasteiger partial charge is 0.493 e. The summed E-state index contributed by atoms with van der Waals surface area (Å²) in [6, 6.07) is 11.3. The predicted molar refractivity (Wildman–Crippen MR) is 84.5 cm³/mol. The first-order chi connectivity index (χ1) is 10.2. The van der Waals surface area contributed by atoms with Crippen LogP contribution in [0.1, 0.15) is 19.4 Å². The fourth-order valence-corrected chi connectivity index (χ4v) is 2.00. The molecule has 0 amide bonds. The monoisotopic (exact) mass is 287 g/mol. The smallest absolute Gasteiger partial charge is 0.169 e. The molecule has 0 aliphatic rings. The van der Waals surface area contributed by atoms with E-state index >= 15 is 0 Å². The van der Waals surface area contributed by atoms with Gasteiger partial charge in [-0.3, -0.25) is 0 Å². The molecule has 0 aliphatic heterocycles. The second-order valence-electron chi connectivity index (χ2n) is 4.57. The van der Waals surface area contributed by atoms with Gasteiger partial charge >= 0.3 is 0 Å². The van der Waals surface area contributed by atoms with Crippen molar-refractivity contribution in [1.82, 2.24) is 0 Å². The molecule has 4 heteroatoms. The van der Waals surface area contributed by atoms with Crippen LogP contribution in [-0.4, -0.2) is 13.7 Å². The molecule has 0 atom stereocenters. The molecule has 0 aromatic heterocycles. The maximum Gasteiger partial charge on any atom is 0.169 e. The van der Waals surface area contributed by atoms with E-state index in [9.17, 15) is 0 Å². The lowest BCUT2D eigenvalue weighted by Crippen LogP contribution is -1.97. The Bertz CT molecular complexity index is 611. The number of ether oxygens (including phenoxy) is 3. The van der Waals surface area contributed by atoms with E-state index in [-0.39, 0.29) is 0 Å². The Morgan fingerprint density at radius 1 is 0.952 bits per heavy atom. The van der Waals surface area contributed by atoms with Crippen LogP contribution in [0.5, 0.6) is 23.0 Å². The molecule has 0 heterocycles. The number of nitrogen functional groups attached to an aromatic ring is 1. The normalized spacial score (nSPS) is 10.2. The van der Waals surface area contributed by atoms with E-state index in [2.05, 4.69) is 6.92 Å². The Labute approximate surface area is 125 Å². The summed E-state index contributed by atoms with van der Waals surface area (Å²) in [5, 5.41) is 0. The topological polar surface area (TPSA) is 53.7 Å². The maximum absolute atomic E-state index is 5.88. The molecule has 0 saturated heterocycles. The third kappa shape index (κ3) is 3.60. The molecule has 2 N–H and O–H groups in total. The first-order valence-electron chi connectivity index (χ1n) is 7.05. The van der Waals surface area contributed by atoms with Crippen LogP contribution in [0.2, 0.25) is 0 Å². The summed E-state index contributed by atoms with van der Waals surface area (Å²) in [4.78, 5) is 0. The van der Waals surface area contributed by atoms with Crippen LogP contribution in [0.3, 0.4) is 0 Å². The van der Waals surface area contributed by atoms with Crippen molar-refractivity contribution < 1.29 is 14.2 Å². The first-order valence-corrected chi connectivity index (χ1v) is 7.05. The molecule has 0 radical (unpaired) electrons. The lowest BCUT2D eigenvalue weighted by atomic mass is 10.1. The van der Waals surface area contributed by atoms with E-state index in [0.29, 0.717) is 35.3 Å². The predicted octanol–water partition coefficient (Wildman–Crippen LogP) is 4.03. The van der Waals surface area contributed by atoms with Crippen molar-refractivity contribution in [1.29, 1.82) is 0 Å². The number of hydrogen-bond acceptors (Lipinski definition) is 4. The Kier molecular flexibility index (Phi) is 4.93. The van der Waals surface area contributed by atoms with E-state index in [1.54, 1.807) is 19.2 Å². The summed E-state index contributed by atoms with van der Waals surface area (Å²) in [5.41, 5.74) is 7.65. The van der Waals surface area contributed by atoms with E-state index in [0.717, 1.165) is 6.42 Å². The fourth-order valence-electron chi connectivity index (χ4n) is 2.00. The zero-order valence-electron chi connectivity index (χ0n) is 12.7. The summed E-state index contributed by atoms with van der Waals surface area (Å²) in [6.45, 7) is 4.57. The molecule has 4 nitrogen and oxygen atoms in total.